The van der Waals surface area contributed by atoms with Crippen LogP contribution in [0.15, 0.2) is 0 Å². The van der Waals surface area contributed by atoms with E-state index in [9.17, 15) is 9.90 Å². The first-order chi connectivity index (χ1) is 7.85. The third kappa shape index (κ3) is 3.21. The molecule has 0 spiro atoms. The molecule has 0 saturated heterocycles. The molecule has 0 aliphatic heterocycles. The van der Waals surface area contributed by atoms with Gasteiger partial charge in [-0.05, 0) is 43.9 Å². The molecule has 1 rings (SSSR count). The zero-order chi connectivity index (χ0) is 13.1. The molecule has 1 fully saturated rings. The van der Waals surface area contributed by atoms with Gasteiger partial charge in [-0.25, -0.2) is 4.79 Å². The summed E-state index contributed by atoms with van der Waals surface area (Å²) in [7, 11) is 0. The van der Waals surface area contributed by atoms with E-state index < -0.39 is 11.6 Å². The highest BCUT2D eigenvalue weighted by molar-refractivity contribution is 5.79. The van der Waals surface area contributed by atoms with Gasteiger partial charge < -0.3 is 9.84 Å². The quantitative estimate of drug-likeness (QED) is 0.754. The van der Waals surface area contributed by atoms with Crippen molar-refractivity contribution < 1.29 is 14.6 Å². The first kappa shape index (κ1) is 14.5. The molecule has 2 atom stereocenters. The Hall–Kier alpha value is -0.570. The van der Waals surface area contributed by atoms with Crippen LogP contribution in [-0.4, -0.2) is 23.3 Å². The van der Waals surface area contributed by atoms with Crippen molar-refractivity contribution in [3.63, 3.8) is 0 Å². The number of hydrogen-bond donors (Lipinski definition) is 1. The van der Waals surface area contributed by atoms with E-state index in [0.717, 1.165) is 25.7 Å². The maximum atomic E-state index is 12.0. The fourth-order valence-corrected chi connectivity index (χ4v) is 2.95. The van der Waals surface area contributed by atoms with E-state index in [-0.39, 0.29) is 11.3 Å². The van der Waals surface area contributed by atoms with Crippen molar-refractivity contribution in [2.45, 2.75) is 65.4 Å². The molecule has 0 aromatic carbocycles. The van der Waals surface area contributed by atoms with Crippen LogP contribution in [-0.2, 0) is 9.53 Å². The second-order valence-corrected chi connectivity index (χ2v) is 6.00. The minimum absolute atomic E-state index is 0.0523. The van der Waals surface area contributed by atoms with E-state index in [4.69, 9.17) is 4.74 Å². The Balaban J connectivity index is 2.81. The molecule has 3 nitrogen and oxygen atoms in total. The Kier molecular flexibility index (Phi) is 4.59. The molecule has 0 heterocycles. The Morgan fingerprint density at radius 2 is 2.12 bits per heavy atom. The van der Waals surface area contributed by atoms with Crippen LogP contribution in [0.3, 0.4) is 0 Å². The number of hydrogen-bond acceptors (Lipinski definition) is 3. The normalized spacial score (nSPS) is 26.5. The molecule has 1 N–H and O–H groups in total. The van der Waals surface area contributed by atoms with Crippen molar-refractivity contribution in [3.05, 3.63) is 0 Å². The highest BCUT2D eigenvalue weighted by Crippen LogP contribution is 2.47. The van der Waals surface area contributed by atoms with Crippen LogP contribution in [0.25, 0.3) is 0 Å². The van der Waals surface area contributed by atoms with E-state index in [1.165, 1.54) is 0 Å². The van der Waals surface area contributed by atoms with Gasteiger partial charge in [0.2, 0.25) is 0 Å². The number of carbonyl (C=O) groups is 1. The molecule has 0 amide bonds. The second kappa shape index (κ2) is 5.38. The van der Waals surface area contributed by atoms with Gasteiger partial charge in [0.1, 0.15) is 0 Å². The number of carbonyl (C=O) groups excluding carboxylic acids is 1. The maximum Gasteiger partial charge on any atom is 0.338 e. The predicted octanol–water partition coefficient (Wildman–Crippen LogP) is 2.91. The molecular weight excluding hydrogens is 216 g/mol. The lowest BCUT2D eigenvalue weighted by Crippen LogP contribution is -2.46. The largest absolute Gasteiger partial charge is 0.464 e. The summed E-state index contributed by atoms with van der Waals surface area (Å²) in [4.78, 5) is 12.0. The standard InChI is InChI=1S/C14H26O3/c1-5-8-14(16,12(15)17-6-2)11-7-9-13(3,4)10-11/h11,16H,5-10H2,1-4H3. The molecule has 1 aliphatic rings. The minimum Gasteiger partial charge on any atom is -0.464 e. The summed E-state index contributed by atoms with van der Waals surface area (Å²) in [6, 6.07) is 0. The Morgan fingerprint density at radius 3 is 2.53 bits per heavy atom. The van der Waals surface area contributed by atoms with Crippen molar-refractivity contribution >= 4 is 5.97 Å². The fraction of sp³-hybridized carbons (Fsp3) is 0.929. The highest BCUT2D eigenvalue weighted by Gasteiger charge is 2.49. The van der Waals surface area contributed by atoms with Crippen LogP contribution >= 0.6 is 0 Å². The van der Waals surface area contributed by atoms with Gasteiger partial charge in [0.05, 0.1) is 6.61 Å². The molecular formula is C14H26O3. The molecule has 2 unspecified atom stereocenters. The van der Waals surface area contributed by atoms with Gasteiger partial charge in [-0.3, -0.25) is 0 Å². The third-order valence-electron chi connectivity index (χ3n) is 3.90. The molecule has 100 valence electrons. The van der Waals surface area contributed by atoms with Crippen molar-refractivity contribution in [1.29, 1.82) is 0 Å². The molecule has 3 heteroatoms. The molecule has 0 aromatic heterocycles. The Morgan fingerprint density at radius 1 is 1.47 bits per heavy atom. The smallest absolute Gasteiger partial charge is 0.338 e. The zero-order valence-electron chi connectivity index (χ0n) is 11.6. The summed E-state index contributed by atoms with van der Waals surface area (Å²) in [5.74, 6) is -0.374. The number of esters is 1. The lowest BCUT2D eigenvalue weighted by molar-refractivity contribution is -0.172. The van der Waals surface area contributed by atoms with E-state index in [0.29, 0.717) is 13.0 Å². The number of rotatable bonds is 5. The van der Waals surface area contributed by atoms with Gasteiger partial charge in [-0.1, -0.05) is 27.2 Å². The van der Waals surface area contributed by atoms with Crippen LogP contribution in [0.2, 0.25) is 0 Å². The van der Waals surface area contributed by atoms with E-state index in [1.807, 2.05) is 6.92 Å². The Bertz CT molecular complexity index is 273. The van der Waals surface area contributed by atoms with Crippen LogP contribution in [0.1, 0.15) is 59.8 Å². The number of aliphatic hydroxyl groups is 1. The van der Waals surface area contributed by atoms with Crippen molar-refractivity contribution in [2.24, 2.45) is 11.3 Å². The lowest BCUT2D eigenvalue weighted by atomic mass is 9.80. The zero-order valence-corrected chi connectivity index (χ0v) is 11.6. The SMILES string of the molecule is CCCC(O)(C(=O)OCC)C1CCC(C)(C)C1. The van der Waals surface area contributed by atoms with Gasteiger partial charge in [-0.2, -0.15) is 0 Å². The van der Waals surface area contributed by atoms with Gasteiger partial charge in [-0.15, -0.1) is 0 Å². The summed E-state index contributed by atoms with van der Waals surface area (Å²) in [5.41, 5.74) is -1.03. The molecule has 17 heavy (non-hydrogen) atoms. The van der Waals surface area contributed by atoms with E-state index >= 15 is 0 Å². The number of ether oxygens (including phenoxy) is 1. The summed E-state index contributed by atoms with van der Waals surface area (Å²) in [5, 5.41) is 10.7. The second-order valence-electron chi connectivity index (χ2n) is 6.00. The maximum absolute atomic E-state index is 12.0. The average Bonchev–Trinajstić information content (AvgIpc) is 2.60. The summed E-state index contributed by atoms with van der Waals surface area (Å²) in [6.45, 7) is 8.50. The lowest BCUT2D eigenvalue weighted by Gasteiger charge is -2.32. The predicted molar refractivity (Wildman–Crippen MR) is 67.6 cm³/mol. The third-order valence-corrected chi connectivity index (χ3v) is 3.90. The van der Waals surface area contributed by atoms with E-state index in [1.54, 1.807) is 6.92 Å². The van der Waals surface area contributed by atoms with Gasteiger partial charge in [0, 0.05) is 0 Å². The first-order valence-electron chi connectivity index (χ1n) is 6.75. The summed E-state index contributed by atoms with van der Waals surface area (Å²) in [6.07, 6.45) is 4.20. The molecule has 0 aromatic rings. The fourth-order valence-electron chi connectivity index (χ4n) is 2.95. The molecule has 1 aliphatic carbocycles. The van der Waals surface area contributed by atoms with E-state index in [2.05, 4.69) is 13.8 Å². The minimum atomic E-state index is -1.27. The molecule has 0 bridgehead atoms. The average molecular weight is 242 g/mol. The van der Waals surface area contributed by atoms with Crippen molar-refractivity contribution in [1.82, 2.24) is 0 Å². The summed E-state index contributed by atoms with van der Waals surface area (Å²) >= 11 is 0. The summed E-state index contributed by atoms with van der Waals surface area (Å²) < 4.78 is 5.05. The molecule has 1 saturated carbocycles. The van der Waals surface area contributed by atoms with Gasteiger partial charge in [0.15, 0.2) is 5.60 Å². The Labute approximate surface area is 105 Å². The van der Waals surface area contributed by atoms with Crippen LogP contribution in [0.5, 0.6) is 0 Å². The first-order valence-corrected chi connectivity index (χ1v) is 6.75. The van der Waals surface area contributed by atoms with Crippen LogP contribution < -0.4 is 0 Å². The van der Waals surface area contributed by atoms with Crippen molar-refractivity contribution in [3.8, 4) is 0 Å². The topological polar surface area (TPSA) is 46.5 Å². The van der Waals surface area contributed by atoms with Gasteiger partial charge >= 0.3 is 5.97 Å². The molecule has 0 radical (unpaired) electrons. The monoisotopic (exact) mass is 242 g/mol. The highest BCUT2D eigenvalue weighted by atomic mass is 16.5. The van der Waals surface area contributed by atoms with Crippen LogP contribution in [0, 0.1) is 11.3 Å². The van der Waals surface area contributed by atoms with Gasteiger partial charge in [0.25, 0.3) is 0 Å². The van der Waals surface area contributed by atoms with Crippen LogP contribution in [0.4, 0.5) is 0 Å². The van der Waals surface area contributed by atoms with Crippen molar-refractivity contribution in [2.75, 3.05) is 6.61 Å².